The zero-order chi connectivity index (χ0) is 14.5. The van der Waals surface area contributed by atoms with Crippen molar-refractivity contribution in [3.8, 4) is 0 Å². The maximum atomic E-state index is 12.3. The molecular weight excluding hydrogens is 346 g/mol. The van der Waals surface area contributed by atoms with Gasteiger partial charge in [0.2, 0.25) is 10.0 Å². The number of nitrogens with one attached hydrogen (secondary N) is 1. The number of rotatable bonds is 7. The van der Waals surface area contributed by atoms with Crippen LogP contribution in [0, 0.1) is 6.92 Å². The second-order valence-electron chi connectivity index (χ2n) is 4.44. The largest absolute Gasteiger partial charge is 0.241 e. The summed E-state index contributed by atoms with van der Waals surface area (Å²) in [6.07, 6.45) is 0.835. The lowest BCUT2D eigenvalue weighted by Crippen LogP contribution is -2.33. The first kappa shape index (κ1) is 17.0. The monoisotopic (exact) mass is 365 g/mol. The summed E-state index contributed by atoms with van der Waals surface area (Å²) in [7, 11) is -3.45. The predicted octanol–water partition coefficient (Wildman–Crippen LogP) is 3.57. The van der Waals surface area contributed by atoms with Crippen LogP contribution in [0.25, 0.3) is 0 Å². The third-order valence-corrected chi connectivity index (χ3v) is 6.13. The zero-order valence-corrected chi connectivity index (χ0v) is 14.7. The van der Waals surface area contributed by atoms with E-state index in [9.17, 15) is 8.42 Å². The highest BCUT2D eigenvalue weighted by Gasteiger charge is 2.19. The lowest BCUT2D eigenvalue weighted by Gasteiger charge is -2.15. The minimum absolute atomic E-state index is 0.0581. The zero-order valence-electron chi connectivity index (χ0n) is 11.4. The molecule has 6 heteroatoms. The molecule has 0 aliphatic heterocycles. The Hall–Kier alpha value is -0.0400. The second kappa shape index (κ2) is 7.67. The van der Waals surface area contributed by atoms with Crippen LogP contribution in [0.2, 0.25) is 0 Å². The molecule has 0 aromatic heterocycles. The molecule has 0 spiro atoms. The molecule has 1 unspecified atom stereocenters. The van der Waals surface area contributed by atoms with Crippen molar-refractivity contribution in [2.24, 2.45) is 0 Å². The maximum Gasteiger partial charge on any atom is 0.241 e. The minimum atomic E-state index is -3.45. The highest BCUT2D eigenvalue weighted by Crippen LogP contribution is 2.23. The summed E-state index contributed by atoms with van der Waals surface area (Å²) in [5.41, 5.74) is 1.03. The van der Waals surface area contributed by atoms with Crippen molar-refractivity contribution in [2.75, 3.05) is 11.5 Å². The quantitative estimate of drug-likeness (QED) is 0.751. The molecule has 0 radical (unpaired) electrons. The molecule has 1 rings (SSSR count). The van der Waals surface area contributed by atoms with Gasteiger partial charge < -0.3 is 0 Å². The highest BCUT2D eigenvalue weighted by molar-refractivity contribution is 9.10. The van der Waals surface area contributed by atoms with Gasteiger partial charge >= 0.3 is 0 Å². The molecule has 0 saturated heterocycles. The minimum Gasteiger partial charge on any atom is -0.208 e. The summed E-state index contributed by atoms with van der Waals surface area (Å²) in [5, 5.41) is 0. The Morgan fingerprint density at radius 2 is 2.11 bits per heavy atom. The Morgan fingerprint density at radius 3 is 2.68 bits per heavy atom. The van der Waals surface area contributed by atoms with Gasteiger partial charge in [0, 0.05) is 10.5 Å². The van der Waals surface area contributed by atoms with Crippen LogP contribution in [0.1, 0.15) is 25.8 Å². The third-order valence-electron chi connectivity index (χ3n) is 2.63. The smallest absolute Gasteiger partial charge is 0.208 e. The summed E-state index contributed by atoms with van der Waals surface area (Å²) in [5.74, 6) is 2.03. The lowest BCUT2D eigenvalue weighted by atomic mass is 10.2. The van der Waals surface area contributed by atoms with E-state index in [0.717, 1.165) is 23.5 Å². The summed E-state index contributed by atoms with van der Waals surface area (Å²) < 4.78 is 27.8. The van der Waals surface area contributed by atoms with Crippen LogP contribution in [0.15, 0.2) is 27.6 Å². The Balaban J connectivity index is 2.75. The van der Waals surface area contributed by atoms with E-state index in [-0.39, 0.29) is 6.04 Å². The predicted molar refractivity (Wildman–Crippen MR) is 86.3 cm³/mol. The second-order valence-corrected chi connectivity index (χ2v) is 8.37. The van der Waals surface area contributed by atoms with E-state index in [1.807, 2.05) is 31.7 Å². The van der Waals surface area contributed by atoms with Gasteiger partial charge in [-0.1, -0.05) is 13.0 Å². The summed E-state index contributed by atoms with van der Waals surface area (Å²) in [6.45, 7) is 5.93. The van der Waals surface area contributed by atoms with Gasteiger partial charge in [0.15, 0.2) is 0 Å². The molecule has 1 aromatic rings. The molecule has 1 aromatic carbocycles. The topological polar surface area (TPSA) is 46.2 Å². The Morgan fingerprint density at radius 1 is 1.42 bits per heavy atom. The molecule has 0 heterocycles. The van der Waals surface area contributed by atoms with Crippen molar-refractivity contribution in [3.05, 3.63) is 28.2 Å². The van der Waals surface area contributed by atoms with Crippen LogP contribution in [-0.2, 0) is 10.0 Å². The van der Waals surface area contributed by atoms with Gasteiger partial charge in [-0.15, -0.1) is 0 Å². The fourth-order valence-corrected chi connectivity index (χ4v) is 4.89. The maximum absolute atomic E-state index is 12.3. The van der Waals surface area contributed by atoms with Crippen molar-refractivity contribution in [3.63, 3.8) is 0 Å². The molecule has 0 saturated carbocycles. The molecule has 0 amide bonds. The van der Waals surface area contributed by atoms with Gasteiger partial charge in [-0.25, -0.2) is 13.1 Å². The first-order valence-corrected chi connectivity index (χ1v) is 9.66. The summed E-state index contributed by atoms with van der Waals surface area (Å²) in [6, 6.07) is 5.19. The average Bonchev–Trinajstić information content (AvgIpc) is 2.27. The molecule has 0 fully saturated rings. The van der Waals surface area contributed by atoms with Gasteiger partial charge in [-0.2, -0.15) is 11.8 Å². The van der Waals surface area contributed by atoms with Crippen molar-refractivity contribution in [1.82, 2.24) is 4.72 Å². The lowest BCUT2D eigenvalue weighted by molar-refractivity contribution is 0.556. The van der Waals surface area contributed by atoms with Gasteiger partial charge in [0.25, 0.3) is 0 Å². The Labute approximate surface area is 128 Å². The highest BCUT2D eigenvalue weighted by atomic mass is 79.9. The van der Waals surface area contributed by atoms with Gasteiger partial charge in [-0.3, -0.25) is 0 Å². The van der Waals surface area contributed by atoms with E-state index in [4.69, 9.17) is 0 Å². The summed E-state index contributed by atoms with van der Waals surface area (Å²) >= 11 is 5.13. The van der Waals surface area contributed by atoms with E-state index in [1.165, 1.54) is 0 Å². The van der Waals surface area contributed by atoms with Crippen LogP contribution in [0.4, 0.5) is 0 Å². The number of halogens is 1. The fraction of sp³-hybridized carbons (Fsp3) is 0.538. The van der Waals surface area contributed by atoms with Crippen molar-refractivity contribution < 1.29 is 8.42 Å². The molecule has 0 bridgehead atoms. The van der Waals surface area contributed by atoms with Crippen molar-refractivity contribution in [2.45, 2.75) is 38.1 Å². The van der Waals surface area contributed by atoms with Crippen LogP contribution in [-0.4, -0.2) is 26.0 Å². The normalized spacial score (nSPS) is 13.5. The molecule has 1 atom stereocenters. The number of aryl methyl sites for hydroxylation is 1. The van der Waals surface area contributed by atoms with Crippen LogP contribution < -0.4 is 4.72 Å². The van der Waals surface area contributed by atoms with Crippen LogP contribution >= 0.6 is 27.7 Å². The fourth-order valence-electron chi connectivity index (χ4n) is 1.62. The van der Waals surface area contributed by atoms with E-state index in [2.05, 4.69) is 27.6 Å². The first-order valence-electron chi connectivity index (χ1n) is 6.23. The van der Waals surface area contributed by atoms with E-state index in [1.54, 1.807) is 12.1 Å². The standard InChI is InChI=1S/C13H20BrNO2S2/c1-4-18-8-7-11(3)15-19(16,17)13-6-5-10(2)9-12(13)14/h5-6,9,11,15H,4,7-8H2,1-3H3. The van der Waals surface area contributed by atoms with E-state index in [0.29, 0.717) is 9.37 Å². The molecule has 19 heavy (non-hydrogen) atoms. The molecular formula is C13H20BrNO2S2. The molecule has 0 aliphatic carbocycles. The number of hydrogen-bond donors (Lipinski definition) is 1. The Bertz CT molecular complexity index is 517. The van der Waals surface area contributed by atoms with Gasteiger partial charge in [0.05, 0.1) is 4.90 Å². The van der Waals surface area contributed by atoms with E-state index >= 15 is 0 Å². The number of hydrogen-bond acceptors (Lipinski definition) is 3. The molecule has 108 valence electrons. The third kappa shape index (κ3) is 5.45. The van der Waals surface area contributed by atoms with Crippen molar-refractivity contribution in [1.29, 1.82) is 0 Å². The number of benzene rings is 1. The SMILES string of the molecule is CCSCCC(C)NS(=O)(=O)c1ccc(C)cc1Br. The van der Waals surface area contributed by atoms with Gasteiger partial charge in [-0.05, 0) is 65.4 Å². The number of thioether (sulfide) groups is 1. The van der Waals surface area contributed by atoms with Crippen LogP contribution in [0.3, 0.4) is 0 Å². The van der Waals surface area contributed by atoms with Crippen molar-refractivity contribution >= 4 is 37.7 Å². The van der Waals surface area contributed by atoms with Crippen LogP contribution in [0.5, 0.6) is 0 Å². The number of sulfonamides is 1. The van der Waals surface area contributed by atoms with Gasteiger partial charge in [0.1, 0.15) is 0 Å². The molecule has 1 N–H and O–H groups in total. The Kier molecular flexibility index (Phi) is 6.86. The summed E-state index contributed by atoms with van der Waals surface area (Å²) in [4.78, 5) is 0.299. The molecule has 0 aliphatic rings. The molecule has 3 nitrogen and oxygen atoms in total. The average molecular weight is 366 g/mol. The first-order chi connectivity index (χ1) is 8.86. The van der Waals surface area contributed by atoms with E-state index < -0.39 is 10.0 Å².